The van der Waals surface area contributed by atoms with E-state index in [-0.39, 0.29) is 18.2 Å². The summed E-state index contributed by atoms with van der Waals surface area (Å²) in [6.07, 6.45) is 1.09. The van der Waals surface area contributed by atoms with Crippen molar-refractivity contribution in [2.45, 2.75) is 45.4 Å². The normalized spacial score (nSPS) is 21.5. The maximum atomic E-state index is 12.3. The first-order valence-electron chi connectivity index (χ1n) is 9.81. The van der Waals surface area contributed by atoms with E-state index in [9.17, 15) is 14.7 Å². The minimum absolute atomic E-state index is 0.0294. The number of carbonyl (C=O) groups is 2. The van der Waals surface area contributed by atoms with Crippen LogP contribution >= 0.6 is 11.3 Å². The second-order valence-electron chi connectivity index (χ2n) is 8.44. The lowest BCUT2D eigenvalue weighted by molar-refractivity contribution is -0.144. The van der Waals surface area contributed by atoms with Gasteiger partial charge in [-0.05, 0) is 33.6 Å². The number of carboxylic acid groups (broad SMARTS) is 1. The lowest BCUT2D eigenvalue weighted by Crippen LogP contribution is -2.54. The third kappa shape index (κ3) is 5.21. The largest absolute Gasteiger partial charge is 0.481 e. The molecule has 8 nitrogen and oxygen atoms in total. The van der Waals surface area contributed by atoms with Gasteiger partial charge in [0.1, 0.15) is 11.8 Å². The molecule has 2 aliphatic rings. The number of aliphatic carboxylic acids is 1. The van der Waals surface area contributed by atoms with E-state index in [1.807, 2.05) is 26.3 Å². The molecule has 3 rings (SSSR count). The number of carbonyl (C=O) groups excluding carboxylic acids is 1. The van der Waals surface area contributed by atoms with Crippen LogP contribution < -0.4 is 0 Å². The van der Waals surface area contributed by atoms with Gasteiger partial charge in [-0.3, -0.25) is 14.6 Å². The predicted octanol–water partition coefficient (Wildman–Crippen LogP) is 2.49. The van der Waals surface area contributed by atoms with E-state index in [2.05, 4.69) is 20.2 Å². The summed E-state index contributed by atoms with van der Waals surface area (Å²) >= 11 is 1.57. The highest BCUT2D eigenvalue weighted by molar-refractivity contribution is 7.07. The molecule has 3 heterocycles. The number of rotatable bonds is 4. The maximum Gasteiger partial charge on any atom is 0.410 e. The molecule has 2 fully saturated rings. The van der Waals surface area contributed by atoms with Crippen molar-refractivity contribution in [3.05, 3.63) is 16.6 Å². The fourth-order valence-electron chi connectivity index (χ4n) is 3.82. The van der Waals surface area contributed by atoms with Crippen LogP contribution in [0.5, 0.6) is 0 Å². The number of amides is 1. The van der Waals surface area contributed by atoms with Gasteiger partial charge in [-0.25, -0.2) is 9.78 Å². The van der Waals surface area contributed by atoms with Gasteiger partial charge in [-0.1, -0.05) is 0 Å². The fourth-order valence-corrected chi connectivity index (χ4v) is 4.39. The third-order valence-corrected chi connectivity index (χ3v) is 5.86. The molecule has 2 saturated heterocycles. The molecule has 1 atom stereocenters. The van der Waals surface area contributed by atoms with E-state index >= 15 is 0 Å². The standard InChI is InChI=1S/C19H30N4O4S/c1-19(2,3)27-18(26)23-10-8-22(9-11-23)16(15-12-28-13-20-15)21-6-4-14(5-7-21)17(24)25/h12-14,16H,4-11H2,1-3H3,(H,24,25). The number of ether oxygens (including phenoxy) is 1. The average Bonchev–Trinajstić information content (AvgIpc) is 3.16. The molecule has 2 aliphatic heterocycles. The summed E-state index contributed by atoms with van der Waals surface area (Å²) in [6.45, 7) is 9.81. The van der Waals surface area contributed by atoms with Gasteiger partial charge in [0, 0.05) is 44.6 Å². The first-order valence-corrected chi connectivity index (χ1v) is 10.8. The smallest absolute Gasteiger partial charge is 0.410 e. The number of hydrogen-bond acceptors (Lipinski definition) is 7. The lowest BCUT2D eigenvalue weighted by Gasteiger charge is -2.45. The van der Waals surface area contributed by atoms with Gasteiger partial charge >= 0.3 is 12.1 Å². The first-order chi connectivity index (χ1) is 13.2. The number of likely N-dealkylation sites (tertiary alicyclic amines) is 1. The Morgan fingerprint density at radius 3 is 2.25 bits per heavy atom. The third-order valence-electron chi connectivity index (χ3n) is 5.25. The molecule has 0 spiro atoms. The molecule has 0 bridgehead atoms. The molecule has 1 N–H and O–H groups in total. The van der Waals surface area contributed by atoms with Crippen molar-refractivity contribution in [2.24, 2.45) is 5.92 Å². The monoisotopic (exact) mass is 410 g/mol. The Bertz CT molecular complexity index is 660. The number of piperazine rings is 1. The van der Waals surface area contributed by atoms with Gasteiger partial charge in [0.15, 0.2) is 0 Å². The van der Waals surface area contributed by atoms with Crippen LogP contribution in [0.3, 0.4) is 0 Å². The van der Waals surface area contributed by atoms with Crippen LogP contribution in [-0.4, -0.2) is 81.7 Å². The summed E-state index contributed by atoms with van der Waals surface area (Å²) < 4.78 is 5.49. The van der Waals surface area contributed by atoms with Crippen molar-refractivity contribution in [1.29, 1.82) is 0 Å². The number of hydrogen-bond donors (Lipinski definition) is 1. The molecular weight excluding hydrogens is 380 g/mol. The van der Waals surface area contributed by atoms with E-state index in [1.165, 1.54) is 0 Å². The highest BCUT2D eigenvalue weighted by Gasteiger charge is 2.36. The highest BCUT2D eigenvalue weighted by atomic mass is 32.1. The summed E-state index contributed by atoms with van der Waals surface area (Å²) in [5.41, 5.74) is 2.35. The molecule has 1 aromatic rings. The Hall–Kier alpha value is -1.71. The van der Waals surface area contributed by atoms with Crippen LogP contribution in [0.25, 0.3) is 0 Å². The molecule has 28 heavy (non-hydrogen) atoms. The van der Waals surface area contributed by atoms with Gasteiger partial charge in [-0.2, -0.15) is 0 Å². The van der Waals surface area contributed by atoms with Crippen LogP contribution in [0.1, 0.15) is 45.5 Å². The molecule has 1 aromatic heterocycles. The van der Waals surface area contributed by atoms with Crippen LogP contribution in [0.2, 0.25) is 0 Å². The zero-order valence-electron chi connectivity index (χ0n) is 16.8. The van der Waals surface area contributed by atoms with E-state index in [0.717, 1.165) is 31.9 Å². The summed E-state index contributed by atoms with van der Waals surface area (Å²) in [5.74, 6) is -0.952. The van der Waals surface area contributed by atoms with Crippen molar-refractivity contribution in [3.8, 4) is 0 Å². The lowest BCUT2D eigenvalue weighted by atomic mass is 9.96. The van der Waals surface area contributed by atoms with Crippen LogP contribution in [-0.2, 0) is 9.53 Å². The van der Waals surface area contributed by atoms with Crippen molar-refractivity contribution in [2.75, 3.05) is 39.3 Å². The Labute approximate surface area is 170 Å². The van der Waals surface area contributed by atoms with Crippen LogP contribution in [0.15, 0.2) is 10.9 Å². The van der Waals surface area contributed by atoms with E-state index in [1.54, 1.807) is 16.2 Å². The molecule has 9 heteroatoms. The van der Waals surface area contributed by atoms with Crippen molar-refractivity contribution in [3.63, 3.8) is 0 Å². The zero-order chi connectivity index (χ0) is 20.3. The summed E-state index contributed by atoms with van der Waals surface area (Å²) in [7, 11) is 0. The molecule has 156 valence electrons. The van der Waals surface area contributed by atoms with Gasteiger partial charge in [0.2, 0.25) is 0 Å². The average molecular weight is 411 g/mol. The number of carboxylic acids is 1. The number of thiazole rings is 1. The Morgan fingerprint density at radius 1 is 1.14 bits per heavy atom. The van der Waals surface area contributed by atoms with Gasteiger partial charge in [-0.15, -0.1) is 11.3 Å². The first kappa shape index (κ1) is 21.0. The van der Waals surface area contributed by atoms with Crippen LogP contribution in [0, 0.1) is 5.92 Å². The van der Waals surface area contributed by atoms with Gasteiger partial charge in [0.05, 0.1) is 17.1 Å². The molecular formula is C19H30N4O4S. The SMILES string of the molecule is CC(C)(C)OC(=O)N1CCN(C(c2cscn2)N2CCC(C(=O)O)CC2)CC1. The molecule has 0 radical (unpaired) electrons. The molecule has 0 saturated carbocycles. The fraction of sp³-hybridized carbons (Fsp3) is 0.737. The summed E-state index contributed by atoms with van der Waals surface area (Å²) in [6, 6.07) is 0. The van der Waals surface area contributed by atoms with E-state index < -0.39 is 11.6 Å². The quantitative estimate of drug-likeness (QED) is 0.816. The van der Waals surface area contributed by atoms with E-state index in [4.69, 9.17) is 4.74 Å². The summed E-state index contributed by atoms with van der Waals surface area (Å²) in [5, 5.41) is 11.3. The number of piperidine rings is 1. The molecule has 0 aliphatic carbocycles. The highest BCUT2D eigenvalue weighted by Crippen LogP contribution is 2.30. The second-order valence-corrected chi connectivity index (χ2v) is 9.16. The minimum atomic E-state index is -0.698. The zero-order valence-corrected chi connectivity index (χ0v) is 17.7. The molecule has 1 amide bonds. The molecule has 1 unspecified atom stereocenters. The van der Waals surface area contributed by atoms with Crippen molar-refractivity contribution in [1.82, 2.24) is 19.7 Å². The Balaban J connectivity index is 1.63. The van der Waals surface area contributed by atoms with E-state index in [0.29, 0.717) is 25.9 Å². The van der Waals surface area contributed by atoms with Gasteiger partial charge < -0.3 is 14.7 Å². The number of aromatic nitrogens is 1. The Kier molecular flexibility index (Phi) is 6.57. The van der Waals surface area contributed by atoms with Crippen molar-refractivity contribution >= 4 is 23.4 Å². The second kappa shape index (κ2) is 8.75. The predicted molar refractivity (Wildman–Crippen MR) is 106 cm³/mol. The Morgan fingerprint density at radius 2 is 1.75 bits per heavy atom. The minimum Gasteiger partial charge on any atom is -0.481 e. The van der Waals surface area contributed by atoms with Crippen molar-refractivity contribution < 1.29 is 19.4 Å². The van der Waals surface area contributed by atoms with Crippen LogP contribution in [0.4, 0.5) is 4.79 Å². The molecule has 0 aromatic carbocycles. The van der Waals surface area contributed by atoms with Gasteiger partial charge in [0.25, 0.3) is 0 Å². The topological polar surface area (TPSA) is 86.2 Å². The summed E-state index contributed by atoms with van der Waals surface area (Å²) in [4.78, 5) is 34.6. The maximum absolute atomic E-state index is 12.3. The number of nitrogens with zero attached hydrogens (tertiary/aromatic N) is 4.